The second-order valence-corrected chi connectivity index (χ2v) is 10.3. The number of benzene rings is 1. The summed E-state index contributed by atoms with van der Waals surface area (Å²) in [5, 5.41) is 15.5. The Kier molecular flexibility index (Phi) is 12.2. The number of ether oxygens (including phenoxy) is 1. The van der Waals surface area contributed by atoms with Crippen LogP contribution in [0.15, 0.2) is 18.2 Å². The molecule has 0 aromatic heterocycles. The second kappa shape index (κ2) is 14.1. The van der Waals surface area contributed by atoms with Gasteiger partial charge >= 0.3 is 6.09 Å². The molecular formula is C27H45N3O5. The van der Waals surface area contributed by atoms with E-state index in [9.17, 15) is 19.5 Å². The monoisotopic (exact) mass is 491 g/mol. The van der Waals surface area contributed by atoms with Gasteiger partial charge in [-0.2, -0.15) is 0 Å². The van der Waals surface area contributed by atoms with E-state index in [1.807, 2.05) is 45.9 Å². The number of amides is 3. The number of rotatable bonds is 12. The molecule has 0 aliphatic carbocycles. The Balaban J connectivity index is 3.47. The van der Waals surface area contributed by atoms with Crippen LogP contribution in [0.2, 0.25) is 0 Å². The van der Waals surface area contributed by atoms with E-state index in [1.165, 1.54) is 4.90 Å². The minimum atomic E-state index is -1.24. The fraction of sp³-hybridized carbons (Fsp3) is 0.667. The van der Waals surface area contributed by atoms with Crippen LogP contribution in [0.4, 0.5) is 4.79 Å². The van der Waals surface area contributed by atoms with Gasteiger partial charge in [-0.3, -0.25) is 9.59 Å². The van der Waals surface area contributed by atoms with Gasteiger partial charge in [-0.05, 0) is 71.6 Å². The summed E-state index contributed by atoms with van der Waals surface area (Å²) in [5.74, 6) is -0.823. The van der Waals surface area contributed by atoms with Crippen molar-refractivity contribution in [3.8, 4) is 0 Å². The van der Waals surface area contributed by atoms with E-state index in [0.717, 1.165) is 36.0 Å². The third-order valence-corrected chi connectivity index (χ3v) is 5.51. The standard InChI is InChI=1S/C27H45N3O5/c1-9-10-11-12-16-30(25(33)21(17-31)29-26(34)35-27(6,7)8)23(24(32)28-18(2)3)22-19(4)14-13-15-20(22)5/h13-15,18,21,23,31H,9-12,16-17H2,1-8H3,(H,28,32)(H,29,34). The number of nitrogens with zero attached hydrogens (tertiary/aromatic N) is 1. The van der Waals surface area contributed by atoms with Crippen molar-refractivity contribution in [3.05, 3.63) is 34.9 Å². The topological polar surface area (TPSA) is 108 Å². The van der Waals surface area contributed by atoms with E-state index >= 15 is 0 Å². The number of alkyl carbamates (subject to hydrolysis) is 1. The summed E-state index contributed by atoms with van der Waals surface area (Å²) >= 11 is 0. The molecule has 1 rings (SSSR count). The zero-order chi connectivity index (χ0) is 26.8. The molecule has 1 aromatic rings. The highest BCUT2D eigenvalue weighted by Gasteiger charge is 2.37. The zero-order valence-electron chi connectivity index (χ0n) is 22.7. The van der Waals surface area contributed by atoms with Crippen LogP contribution in [-0.2, 0) is 14.3 Å². The Bertz CT molecular complexity index is 827. The third kappa shape index (κ3) is 9.88. The smallest absolute Gasteiger partial charge is 0.408 e. The van der Waals surface area contributed by atoms with Crippen LogP contribution in [0, 0.1) is 13.8 Å². The van der Waals surface area contributed by atoms with Gasteiger partial charge in [0.1, 0.15) is 17.7 Å². The largest absolute Gasteiger partial charge is 0.444 e. The molecule has 0 radical (unpaired) electrons. The molecule has 8 heteroatoms. The molecule has 8 nitrogen and oxygen atoms in total. The molecule has 0 fully saturated rings. The Morgan fingerprint density at radius 3 is 2.11 bits per heavy atom. The molecule has 198 valence electrons. The van der Waals surface area contributed by atoms with E-state index in [2.05, 4.69) is 17.6 Å². The van der Waals surface area contributed by atoms with Crippen LogP contribution in [0.3, 0.4) is 0 Å². The molecule has 3 N–H and O–H groups in total. The average molecular weight is 492 g/mol. The van der Waals surface area contributed by atoms with Gasteiger partial charge in [0, 0.05) is 12.6 Å². The molecule has 0 saturated carbocycles. The number of aliphatic hydroxyl groups excluding tert-OH is 1. The van der Waals surface area contributed by atoms with Crippen LogP contribution in [0.5, 0.6) is 0 Å². The summed E-state index contributed by atoms with van der Waals surface area (Å²) < 4.78 is 5.29. The Labute approximate surface area is 210 Å². The molecule has 2 atom stereocenters. The lowest BCUT2D eigenvalue weighted by atomic mass is 9.93. The van der Waals surface area contributed by atoms with E-state index < -0.39 is 36.3 Å². The number of aliphatic hydroxyl groups is 1. The zero-order valence-corrected chi connectivity index (χ0v) is 22.7. The molecule has 1 aromatic carbocycles. The first kappa shape index (κ1) is 30.4. The first-order valence-electron chi connectivity index (χ1n) is 12.6. The summed E-state index contributed by atoms with van der Waals surface area (Å²) in [7, 11) is 0. The van der Waals surface area contributed by atoms with Crippen molar-refractivity contribution in [2.24, 2.45) is 0 Å². The van der Waals surface area contributed by atoms with Crippen molar-refractivity contribution in [2.75, 3.05) is 13.2 Å². The molecule has 0 bridgehead atoms. The lowest BCUT2D eigenvalue weighted by molar-refractivity contribution is -0.143. The minimum absolute atomic E-state index is 0.125. The fourth-order valence-electron chi connectivity index (χ4n) is 3.96. The molecule has 0 saturated heterocycles. The fourth-order valence-corrected chi connectivity index (χ4v) is 3.96. The number of nitrogens with one attached hydrogen (secondary N) is 2. The minimum Gasteiger partial charge on any atom is -0.444 e. The van der Waals surface area contributed by atoms with Gasteiger partial charge in [0.25, 0.3) is 0 Å². The van der Waals surface area contributed by atoms with E-state index in [0.29, 0.717) is 13.0 Å². The highest BCUT2D eigenvalue weighted by Crippen LogP contribution is 2.29. The number of hydrogen-bond donors (Lipinski definition) is 3. The highest BCUT2D eigenvalue weighted by molar-refractivity contribution is 5.92. The molecule has 0 aliphatic rings. The molecule has 0 aliphatic heterocycles. The summed E-state index contributed by atoms with van der Waals surface area (Å²) in [6.45, 7) is 14.5. The van der Waals surface area contributed by atoms with E-state index in [1.54, 1.807) is 20.8 Å². The van der Waals surface area contributed by atoms with Crippen LogP contribution in [-0.4, -0.2) is 58.8 Å². The van der Waals surface area contributed by atoms with Gasteiger partial charge in [0.15, 0.2) is 0 Å². The van der Waals surface area contributed by atoms with Crippen molar-refractivity contribution in [2.45, 2.75) is 105 Å². The van der Waals surface area contributed by atoms with Crippen molar-refractivity contribution in [1.82, 2.24) is 15.5 Å². The van der Waals surface area contributed by atoms with Crippen molar-refractivity contribution in [3.63, 3.8) is 0 Å². The quantitative estimate of drug-likeness (QED) is 0.381. The van der Waals surface area contributed by atoms with E-state index in [-0.39, 0.29) is 11.9 Å². The number of hydrogen-bond acceptors (Lipinski definition) is 5. The summed E-state index contributed by atoms with van der Waals surface area (Å²) in [4.78, 5) is 41.2. The molecule has 35 heavy (non-hydrogen) atoms. The lowest BCUT2D eigenvalue weighted by Gasteiger charge is -2.36. The normalized spacial score (nSPS) is 13.2. The Hall–Kier alpha value is -2.61. The second-order valence-electron chi connectivity index (χ2n) is 10.3. The van der Waals surface area contributed by atoms with Crippen LogP contribution in [0.25, 0.3) is 0 Å². The average Bonchev–Trinajstić information content (AvgIpc) is 2.73. The van der Waals surface area contributed by atoms with Gasteiger partial charge in [-0.1, -0.05) is 44.4 Å². The van der Waals surface area contributed by atoms with Crippen molar-refractivity contribution < 1.29 is 24.2 Å². The highest BCUT2D eigenvalue weighted by atomic mass is 16.6. The van der Waals surface area contributed by atoms with Gasteiger partial charge in [0.05, 0.1) is 6.61 Å². The first-order chi connectivity index (χ1) is 16.3. The maximum absolute atomic E-state index is 13.8. The predicted molar refractivity (Wildman–Crippen MR) is 138 cm³/mol. The van der Waals surface area contributed by atoms with Crippen molar-refractivity contribution >= 4 is 17.9 Å². The predicted octanol–water partition coefficient (Wildman–Crippen LogP) is 4.16. The number of carbonyl (C=O) groups excluding carboxylic acids is 3. The molecular weight excluding hydrogens is 446 g/mol. The number of aryl methyl sites for hydroxylation is 2. The lowest BCUT2D eigenvalue weighted by Crippen LogP contribution is -2.55. The molecule has 3 amide bonds. The summed E-state index contributed by atoms with van der Waals surface area (Å²) in [6, 6.07) is 3.48. The Morgan fingerprint density at radius 2 is 1.63 bits per heavy atom. The summed E-state index contributed by atoms with van der Waals surface area (Å²) in [6.07, 6.45) is 2.83. The van der Waals surface area contributed by atoms with Gasteiger partial charge < -0.3 is 25.4 Å². The van der Waals surface area contributed by atoms with Gasteiger partial charge in [-0.15, -0.1) is 0 Å². The van der Waals surface area contributed by atoms with Crippen molar-refractivity contribution in [1.29, 1.82) is 0 Å². The van der Waals surface area contributed by atoms with Crippen LogP contribution < -0.4 is 10.6 Å². The SMILES string of the molecule is CCCCCCN(C(=O)C(CO)NC(=O)OC(C)(C)C)C(C(=O)NC(C)C)c1c(C)cccc1C. The maximum atomic E-state index is 13.8. The van der Waals surface area contributed by atoms with Gasteiger partial charge in [0.2, 0.25) is 11.8 Å². The molecule has 2 unspecified atom stereocenters. The number of unbranched alkanes of at least 4 members (excludes halogenated alkanes) is 3. The molecule has 0 heterocycles. The molecule has 0 spiro atoms. The Morgan fingerprint density at radius 1 is 1.03 bits per heavy atom. The van der Waals surface area contributed by atoms with Crippen LogP contribution in [0.1, 0.15) is 90.0 Å². The van der Waals surface area contributed by atoms with E-state index in [4.69, 9.17) is 4.74 Å². The van der Waals surface area contributed by atoms with Crippen LogP contribution >= 0.6 is 0 Å². The maximum Gasteiger partial charge on any atom is 0.408 e. The third-order valence-electron chi connectivity index (χ3n) is 5.51. The first-order valence-corrected chi connectivity index (χ1v) is 12.6. The van der Waals surface area contributed by atoms with Gasteiger partial charge in [-0.25, -0.2) is 4.79 Å². The summed E-state index contributed by atoms with van der Waals surface area (Å²) in [5.41, 5.74) is 1.77. The number of carbonyl (C=O) groups is 3.